The maximum Gasteiger partial charge on any atom is 0.205 e. The summed E-state index contributed by atoms with van der Waals surface area (Å²) in [5.41, 5.74) is 2.62. The van der Waals surface area contributed by atoms with Gasteiger partial charge in [-0.15, -0.1) is 0 Å². The lowest BCUT2D eigenvalue weighted by Gasteiger charge is -2.32. The SMILES string of the molecule is CCOCCCN=C(NN)NC(C)C1CCC1. The van der Waals surface area contributed by atoms with Crippen LogP contribution in [0.25, 0.3) is 0 Å². The summed E-state index contributed by atoms with van der Waals surface area (Å²) in [5.74, 6) is 6.92. The van der Waals surface area contributed by atoms with Crippen LogP contribution >= 0.6 is 0 Å². The lowest BCUT2D eigenvalue weighted by Crippen LogP contribution is -2.49. The largest absolute Gasteiger partial charge is 0.382 e. The van der Waals surface area contributed by atoms with E-state index in [0.717, 1.165) is 32.1 Å². The minimum absolute atomic E-state index is 0.449. The first kappa shape index (κ1) is 14.3. The van der Waals surface area contributed by atoms with E-state index in [1.807, 2.05) is 6.92 Å². The highest BCUT2D eigenvalue weighted by molar-refractivity contribution is 5.79. The van der Waals surface area contributed by atoms with Crippen molar-refractivity contribution in [2.45, 2.75) is 45.6 Å². The van der Waals surface area contributed by atoms with Crippen molar-refractivity contribution >= 4 is 5.96 Å². The summed E-state index contributed by atoms with van der Waals surface area (Å²) in [6, 6.07) is 0.449. The van der Waals surface area contributed by atoms with Crippen LogP contribution in [0.5, 0.6) is 0 Å². The zero-order valence-electron chi connectivity index (χ0n) is 11.0. The molecule has 0 bridgehead atoms. The number of ether oxygens (including phenoxy) is 1. The van der Waals surface area contributed by atoms with Gasteiger partial charge in [-0.1, -0.05) is 6.42 Å². The number of aliphatic imine (C=N–C) groups is 1. The van der Waals surface area contributed by atoms with Crippen molar-refractivity contribution in [3.05, 3.63) is 0 Å². The van der Waals surface area contributed by atoms with Gasteiger partial charge in [0, 0.05) is 25.8 Å². The van der Waals surface area contributed by atoms with Crippen LogP contribution in [0.4, 0.5) is 0 Å². The molecule has 1 aliphatic carbocycles. The number of rotatable bonds is 7. The Bertz CT molecular complexity index is 229. The lowest BCUT2D eigenvalue weighted by molar-refractivity contribution is 0.146. The van der Waals surface area contributed by atoms with Gasteiger partial charge >= 0.3 is 0 Å². The summed E-state index contributed by atoms with van der Waals surface area (Å²) >= 11 is 0. The van der Waals surface area contributed by atoms with Crippen LogP contribution in [0.15, 0.2) is 4.99 Å². The minimum atomic E-state index is 0.449. The molecule has 0 aliphatic heterocycles. The van der Waals surface area contributed by atoms with Gasteiger partial charge in [0.15, 0.2) is 0 Å². The number of hydrazine groups is 1. The number of nitrogens with two attached hydrogens (primary N) is 1. The Hall–Kier alpha value is -0.810. The highest BCUT2D eigenvalue weighted by atomic mass is 16.5. The van der Waals surface area contributed by atoms with Crippen molar-refractivity contribution in [3.63, 3.8) is 0 Å². The quantitative estimate of drug-likeness (QED) is 0.205. The third-order valence-electron chi connectivity index (χ3n) is 3.28. The van der Waals surface area contributed by atoms with Gasteiger partial charge in [-0.05, 0) is 39.0 Å². The van der Waals surface area contributed by atoms with E-state index in [2.05, 4.69) is 22.7 Å². The number of nitrogens with zero attached hydrogens (tertiary/aromatic N) is 1. The molecule has 0 aromatic heterocycles. The number of guanidine groups is 1. The van der Waals surface area contributed by atoms with E-state index in [1.165, 1.54) is 19.3 Å². The smallest absolute Gasteiger partial charge is 0.205 e. The van der Waals surface area contributed by atoms with Crippen molar-refractivity contribution in [1.82, 2.24) is 10.7 Å². The Morgan fingerprint density at radius 1 is 1.53 bits per heavy atom. The van der Waals surface area contributed by atoms with E-state index in [9.17, 15) is 0 Å². The Morgan fingerprint density at radius 2 is 2.29 bits per heavy atom. The standard InChI is InChI=1S/C12H26N4O/c1-3-17-9-5-8-14-12(16-13)15-10(2)11-6-4-7-11/h10-11H,3-9,13H2,1-2H3,(H2,14,15,16). The van der Waals surface area contributed by atoms with Crippen molar-refractivity contribution in [3.8, 4) is 0 Å². The predicted octanol–water partition coefficient (Wildman–Crippen LogP) is 1.01. The fourth-order valence-electron chi connectivity index (χ4n) is 1.91. The molecule has 1 unspecified atom stereocenters. The molecule has 0 radical (unpaired) electrons. The zero-order chi connectivity index (χ0) is 12.5. The predicted molar refractivity (Wildman–Crippen MR) is 70.7 cm³/mol. The molecular formula is C12H26N4O. The Kier molecular flexibility index (Phi) is 6.96. The fourth-order valence-corrected chi connectivity index (χ4v) is 1.91. The first-order valence-corrected chi connectivity index (χ1v) is 6.63. The molecule has 1 saturated carbocycles. The summed E-state index contributed by atoms with van der Waals surface area (Å²) in [6.45, 7) is 6.46. The minimum Gasteiger partial charge on any atom is -0.382 e. The molecular weight excluding hydrogens is 216 g/mol. The summed E-state index contributed by atoms with van der Waals surface area (Å²) in [7, 11) is 0. The Balaban J connectivity index is 2.18. The van der Waals surface area contributed by atoms with Crippen LogP contribution in [0.2, 0.25) is 0 Å². The average molecular weight is 242 g/mol. The Morgan fingerprint density at radius 3 is 2.82 bits per heavy atom. The van der Waals surface area contributed by atoms with E-state index in [0.29, 0.717) is 12.0 Å². The molecule has 5 nitrogen and oxygen atoms in total. The third kappa shape index (κ3) is 5.37. The molecule has 0 aromatic carbocycles. The molecule has 1 aliphatic rings. The van der Waals surface area contributed by atoms with Gasteiger partial charge < -0.3 is 10.1 Å². The van der Waals surface area contributed by atoms with Gasteiger partial charge in [0.1, 0.15) is 0 Å². The average Bonchev–Trinajstić information content (AvgIpc) is 2.24. The summed E-state index contributed by atoms with van der Waals surface area (Å²) in [4.78, 5) is 4.38. The highest BCUT2D eigenvalue weighted by Gasteiger charge is 2.24. The summed E-state index contributed by atoms with van der Waals surface area (Å²) in [6.07, 6.45) is 4.92. The summed E-state index contributed by atoms with van der Waals surface area (Å²) < 4.78 is 5.25. The maximum absolute atomic E-state index is 5.45. The van der Waals surface area contributed by atoms with E-state index < -0.39 is 0 Å². The van der Waals surface area contributed by atoms with Crippen molar-refractivity contribution < 1.29 is 4.74 Å². The lowest BCUT2D eigenvalue weighted by atomic mass is 9.80. The molecule has 1 fully saturated rings. The first-order valence-electron chi connectivity index (χ1n) is 6.63. The zero-order valence-corrected chi connectivity index (χ0v) is 11.0. The third-order valence-corrected chi connectivity index (χ3v) is 3.28. The van der Waals surface area contributed by atoms with E-state index in [-0.39, 0.29) is 0 Å². The molecule has 0 saturated heterocycles. The summed E-state index contributed by atoms with van der Waals surface area (Å²) in [5, 5.41) is 3.33. The van der Waals surface area contributed by atoms with E-state index in [1.54, 1.807) is 0 Å². The molecule has 1 atom stereocenters. The van der Waals surface area contributed by atoms with Gasteiger partial charge in [-0.3, -0.25) is 10.4 Å². The number of hydrogen-bond acceptors (Lipinski definition) is 3. The highest BCUT2D eigenvalue weighted by Crippen LogP contribution is 2.29. The van der Waals surface area contributed by atoms with Gasteiger partial charge in [0.25, 0.3) is 0 Å². The van der Waals surface area contributed by atoms with Gasteiger partial charge in [0.05, 0.1) is 0 Å². The number of nitrogens with one attached hydrogen (secondary N) is 2. The normalized spacial score (nSPS) is 18.6. The van der Waals surface area contributed by atoms with Crippen molar-refractivity contribution in [2.75, 3.05) is 19.8 Å². The molecule has 0 spiro atoms. The first-order chi connectivity index (χ1) is 8.27. The van der Waals surface area contributed by atoms with Gasteiger partial charge in [-0.2, -0.15) is 0 Å². The molecule has 100 valence electrons. The van der Waals surface area contributed by atoms with Crippen LogP contribution in [-0.4, -0.2) is 31.8 Å². The second-order valence-corrected chi connectivity index (χ2v) is 4.55. The van der Waals surface area contributed by atoms with E-state index in [4.69, 9.17) is 10.6 Å². The second kappa shape index (κ2) is 8.31. The molecule has 4 N–H and O–H groups in total. The van der Waals surface area contributed by atoms with Gasteiger partial charge in [-0.25, -0.2) is 5.84 Å². The van der Waals surface area contributed by atoms with Crippen LogP contribution in [0, 0.1) is 5.92 Å². The van der Waals surface area contributed by atoms with Crippen molar-refractivity contribution in [2.24, 2.45) is 16.8 Å². The van der Waals surface area contributed by atoms with Crippen molar-refractivity contribution in [1.29, 1.82) is 0 Å². The van der Waals surface area contributed by atoms with Crippen LogP contribution < -0.4 is 16.6 Å². The molecule has 0 aromatic rings. The van der Waals surface area contributed by atoms with Crippen LogP contribution in [0.3, 0.4) is 0 Å². The topological polar surface area (TPSA) is 71.7 Å². The van der Waals surface area contributed by atoms with Crippen LogP contribution in [-0.2, 0) is 4.74 Å². The molecule has 0 heterocycles. The van der Waals surface area contributed by atoms with Crippen LogP contribution in [0.1, 0.15) is 39.5 Å². The molecule has 0 amide bonds. The molecule has 1 rings (SSSR count). The molecule has 5 heteroatoms. The molecule has 17 heavy (non-hydrogen) atoms. The second-order valence-electron chi connectivity index (χ2n) is 4.55. The Labute approximate surface area is 104 Å². The van der Waals surface area contributed by atoms with E-state index >= 15 is 0 Å². The number of hydrogen-bond donors (Lipinski definition) is 3. The van der Waals surface area contributed by atoms with Gasteiger partial charge in [0.2, 0.25) is 5.96 Å². The maximum atomic E-state index is 5.45. The monoisotopic (exact) mass is 242 g/mol. The fraction of sp³-hybridized carbons (Fsp3) is 0.917.